The van der Waals surface area contributed by atoms with Crippen LogP contribution in [0.2, 0.25) is 10.0 Å². The molecule has 0 aliphatic rings. The van der Waals surface area contributed by atoms with Crippen LogP contribution >= 0.6 is 23.2 Å². The lowest BCUT2D eigenvalue weighted by Crippen LogP contribution is -2.19. The zero-order valence-electron chi connectivity index (χ0n) is 13.1. The average molecular weight is 359 g/mol. The summed E-state index contributed by atoms with van der Waals surface area (Å²) in [6.45, 7) is 2.52. The first-order valence-corrected chi connectivity index (χ1v) is 8.32. The summed E-state index contributed by atoms with van der Waals surface area (Å²) >= 11 is 12.2. The van der Waals surface area contributed by atoms with Gasteiger partial charge in [-0.2, -0.15) is 0 Å². The Morgan fingerprint density at radius 3 is 2.54 bits per heavy atom. The maximum absolute atomic E-state index is 13.1. The second-order valence-electron chi connectivity index (χ2n) is 5.71. The Morgan fingerprint density at radius 1 is 1.17 bits per heavy atom. The minimum Gasteiger partial charge on any atom is -0.336 e. The third-order valence-electron chi connectivity index (χ3n) is 3.95. The second kappa shape index (κ2) is 7.20. The number of imidazole rings is 1. The van der Waals surface area contributed by atoms with Crippen molar-refractivity contribution in [1.29, 1.82) is 0 Å². The summed E-state index contributed by atoms with van der Waals surface area (Å²) in [7, 11) is 0. The van der Waals surface area contributed by atoms with Gasteiger partial charge in [0.15, 0.2) is 5.78 Å². The molecule has 0 fully saturated rings. The highest BCUT2D eigenvalue weighted by Crippen LogP contribution is 2.29. The lowest BCUT2D eigenvalue weighted by molar-refractivity contribution is 0.0951. The van der Waals surface area contributed by atoms with Crippen LogP contribution in [0.15, 0.2) is 61.2 Å². The number of ketones is 1. The monoisotopic (exact) mass is 358 g/mol. The molecule has 3 aromatic rings. The summed E-state index contributed by atoms with van der Waals surface area (Å²) < 4.78 is 1.90. The third-order valence-corrected chi connectivity index (χ3v) is 4.49. The molecule has 3 rings (SSSR count). The van der Waals surface area contributed by atoms with Gasteiger partial charge in [0.1, 0.15) is 0 Å². The van der Waals surface area contributed by atoms with E-state index in [1.807, 2.05) is 42.0 Å². The van der Waals surface area contributed by atoms with E-state index >= 15 is 0 Å². The van der Waals surface area contributed by atoms with Crippen LogP contribution < -0.4 is 0 Å². The molecule has 0 bridgehead atoms. The molecule has 24 heavy (non-hydrogen) atoms. The highest BCUT2D eigenvalue weighted by molar-refractivity contribution is 6.37. The number of aryl methyl sites for hydroxylation is 1. The highest BCUT2D eigenvalue weighted by Gasteiger charge is 2.24. The van der Waals surface area contributed by atoms with Crippen molar-refractivity contribution in [2.75, 3.05) is 0 Å². The predicted octanol–water partition coefficient (Wildman–Crippen LogP) is 5.17. The Hall–Kier alpha value is -2.10. The van der Waals surface area contributed by atoms with Crippen LogP contribution in [0.1, 0.15) is 27.4 Å². The first kappa shape index (κ1) is 16.7. The molecule has 5 heteroatoms. The molecule has 0 spiro atoms. The molecule has 1 unspecified atom stereocenters. The van der Waals surface area contributed by atoms with Gasteiger partial charge in [0.25, 0.3) is 0 Å². The first-order chi connectivity index (χ1) is 11.5. The Balaban J connectivity index is 1.99. The Bertz CT molecular complexity index is 842. The molecular formula is C19H16Cl2N2O. The van der Waals surface area contributed by atoms with E-state index in [0.29, 0.717) is 22.2 Å². The molecule has 0 amide bonds. The van der Waals surface area contributed by atoms with Crippen molar-refractivity contribution in [2.45, 2.75) is 19.4 Å². The van der Waals surface area contributed by atoms with Gasteiger partial charge in [0.2, 0.25) is 0 Å². The molecular weight excluding hydrogens is 343 g/mol. The number of benzene rings is 2. The summed E-state index contributed by atoms with van der Waals surface area (Å²) in [4.78, 5) is 17.2. The van der Waals surface area contributed by atoms with Crippen LogP contribution in [0, 0.1) is 6.92 Å². The second-order valence-corrected chi connectivity index (χ2v) is 6.55. The smallest absolute Gasteiger partial charge is 0.173 e. The van der Waals surface area contributed by atoms with Crippen LogP contribution in [-0.2, 0) is 6.54 Å². The quantitative estimate of drug-likeness (QED) is 0.590. The number of hydrogen-bond acceptors (Lipinski definition) is 2. The maximum atomic E-state index is 13.1. The predicted molar refractivity (Wildman–Crippen MR) is 96.9 cm³/mol. The number of carbonyl (C=O) groups excluding carboxylic acids is 1. The zero-order valence-corrected chi connectivity index (χ0v) is 14.6. The summed E-state index contributed by atoms with van der Waals surface area (Å²) in [6.07, 6.45) is 5.25. The van der Waals surface area contributed by atoms with Gasteiger partial charge in [-0.15, -0.1) is 0 Å². The van der Waals surface area contributed by atoms with Crippen LogP contribution in [0.4, 0.5) is 0 Å². The molecule has 3 nitrogen and oxygen atoms in total. The molecule has 0 aliphatic heterocycles. The molecule has 122 valence electrons. The van der Waals surface area contributed by atoms with Gasteiger partial charge in [0, 0.05) is 29.5 Å². The maximum Gasteiger partial charge on any atom is 0.173 e. The molecule has 0 radical (unpaired) electrons. The van der Waals surface area contributed by atoms with Crippen molar-refractivity contribution in [3.05, 3.63) is 87.9 Å². The van der Waals surface area contributed by atoms with E-state index in [0.717, 1.165) is 11.1 Å². The number of aromatic nitrogens is 2. The van der Waals surface area contributed by atoms with Crippen molar-refractivity contribution in [1.82, 2.24) is 9.55 Å². The van der Waals surface area contributed by atoms with E-state index in [1.165, 1.54) is 0 Å². The van der Waals surface area contributed by atoms with Crippen LogP contribution in [-0.4, -0.2) is 15.3 Å². The van der Waals surface area contributed by atoms with E-state index in [9.17, 15) is 4.79 Å². The van der Waals surface area contributed by atoms with Crippen molar-refractivity contribution < 1.29 is 4.79 Å². The topological polar surface area (TPSA) is 34.9 Å². The molecule has 0 saturated carbocycles. The Kier molecular flexibility index (Phi) is 5.03. The molecule has 0 saturated heterocycles. The van der Waals surface area contributed by atoms with Crippen molar-refractivity contribution >= 4 is 29.0 Å². The van der Waals surface area contributed by atoms with E-state index in [-0.39, 0.29) is 11.7 Å². The highest BCUT2D eigenvalue weighted by atomic mass is 35.5. The first-order valence-electron chi connectivity index (χ1n) is 7.56. The molecule has 1 heterocycles. The zero-order chi connectivity index (χ0) is 17.1. The number of Topliss-reactive ketones (excluding diaryl/α,β-unsaturated/α-hetero) is 1. The normalized spacial score (nSPS) is 12.1. The van der Waals surface area contributed by atoms with Crippen LogP contribution in [0.3, 0.4) is 0 Å². The number of halogens is 2. The third kappa shape index (κ3) is 3.69. The fourth-order valence-electron chi connectivity index (χ4n) is 2.62. The summed E-state index contributed by atoms with van der Waals surface area (Å²) in [5, 5.41) is 0.883. The van der Waals surface area contributed by atoms with Gasteiger partial charge < -0.3 is 4.57 Å². The fourth-order valence-corrected chi connectivity index (χ4v) is 3.12. The largest absolute Gasteiger partial charge is 0.336 e. The van der Waals surface area contributed by atoms with Gasteiger partial charge in [0.05, 0.1) is 17.3 Å². The van der Waals surface area contributed by atoms with Crippen molar-refractivity contribution in [2.24, 2.45) is 0 Å². The Morgan fingerprint density at radius 2 is 1.92 bits per heavy atom. The van der Waals surface area contributed by atoms with Gasteiger partial charge in [-0.25, -0.2) is 4.98 Å². The van der Waals surface area contributed by atoms with Gasteiger partial charge in [-0.3, -0.25) is 4.79 Å². The molecule has 1 atom stereocenters. The van der Waals surface area contributed by atoms with Crippen molar-refractivity contribution in [3.8, 4) is 0 Å². The minimum absolute atomic E-state index is 0.0331. The molecule has 2 aromatic carbocycles. The van der Waals surface area contributed by atoms with Crippen molar-refractivity contribution in [3.63, 3.8) is 0 Å². The summed E-state index contributed by atoms with van der Waals surface area (Å²) in [6, 6.07) is 12.9. The van der Waals surface area contributed by atoms with E-state index in [4.69, 9.17) is 23.2 Å². The fraction of sp³-hybridized carbons (Fsp3) is 0.158. The summed E-state index contributed by atoms with van der Waals surface area (Å²) in [5.74, 6) is -0.382. The van der Waals surface area contributed by atoms with Gasteiger partial charge in [-0.1, -0.05) is 53.0 Å². The molecule has 0 N–H and O–H groups in total. The number of carbonyl (C=O) groups is 1. The SMILES string of the molecule is Cc1ccc(C(Cn2ccnc2)C(=O)c2ccc(Cl)cc2Cl)cc1. The van der Waals surface area contributed by atoms with Gasteiger partial charge in [-0.05, 0) is 30.7 Å². The number of nitrogens with zero attached hydrogens (tertiary/aromatic N) is 2. The minimum atomic E-state index is -0.349. The number of rotatable bonds is 5. The standard InChI is InChI=1S/C19H16Cl2N2O/c1-13-2-4-14(5-3-13)17(11-23-9-8-22-12-23)19(24)16-7-6-15(20)10-18(16)21/h2-10,12,17H,11H2,1H3. The Labute approximate surface area is 150 Å². The molecule has 0 aliphatic carbocycles. The van der Waals surface area contributed by atoms with E-state index in [1.54, 1.807) is 30.7 Å². The summed E-state index contributed by atoms with van der Waals surface area (Å²) in [5.41, 5.74) is 2.58. The van der Waals surface area contributed by atoms with Gasteiger partial charge >= 0.3 is 0 Å². The van der Waals surface area contributed by atoms with E-state index in [2.05, 4.69) is 4.98 Å². The lowest BCUT2D eigenvalue weighted by atomic mass is 9.90. The van der Waals surface area contributed by atoms with E-state index < -0.39 is 0 Å². The van der Waals surface area contributed by atoms with Crippen LogP contribution in [0.25, 0.3) is 0 Å². The average Bonchev–Trinajstić information content (AvgIpc) is 3.06. The van der Waals surface area contributed by atoms with Crippen LogP contribution in [0.5, 0.6) is 0 Å². The number of hydrogen-bond donors (Lipinski definition) is 0. The lowest BCUT2D eigenvalue weighted by Gasteiger charge is -2.18. The molecule has 1 aromatic heterocycles.